The number of hydrogen-bond donors (Lipinski definition) is 0. The van der Waals surface area contributed by atoms with Gasteiger partial charge in [0.1, 0.15) is 0 Å². The Labute approximate surface area is 95.3 Å². The fraction of sp³-hybridized carbons (Fsp3) is 0.308. The molecule has 1 aromatic rings. The van der Waals surface area contributed by atoms with E-state index in [9.17, 15) is 0 Å². The third-order valence-corrected chi connectivity index (χ3v) is 3.51. The highest BCUT2D eigenvalue weighted by molar-refractivity contribution is 8.14. The van der Waals surface area contributed by atoms with Crippen molar-refractivity contribution in [3.63, 3.8) is 0 Å². The molecule has 1 heterocycles. The molecule has 0 aliphatic carbocycles. The van der Waals surface area contributed by atoms with Crippen LogP contribution in [0.3, 0.4) is 0 Å². The van der Waals surface area contributed by atoms with E-state index >= 15 is 0 Å². The van der Waals surface area contributed by atoms with E-state index in [4.69, 9.17) is 0 Å². The van der Waals surface area contributed by atoms with Crippen LogP contribution in [0, 0.1) is 0 Å². The van der Waals surface area contributed by atoms with Gasteiger partial charge in [-0.2, -0.15) is 0 Å². The third-order valence-electron chi connectivity index (χ3n) is 2.42. The van der Waals surface area contributed by atoms with Crippen molar-refractivity contribution < 1.29 is 0 Å². The maximum atomic E-state index is 4.61. The minimum Gasteiger partial charge on any atom is -0.274 e. The van der Waals surface area contributed by atoms with E-state index in [-0.39, 0.29) is 0 Å². The van der Waals surface area contributed by atoms with Gasteiger partial charge in [0, 0.05) is 5.75 Å². The summed E-state index contributed by atoms with van der Waals surface area (Å²) >= 11 is 1.86. The predicted molar refractivity (Wildman–Crippen MR) is 69.4 cm³/mol. The smallest absolute Gasteiger partial charge is 0.0909 e. The monoisotopic (exact) mass is 217 g/mol. The van der Waals surface area contributed by atoms with E-state index in [0.717, 1.165) is 12.2 Å². The molecule has 1 unspecified atom stereocenters. The molecule has 0 spiro atoms. The van der Waals surface area contributed by atoms with Crippen LogP contribution < -0.4 is 0 Å². The van der Waals surface area contributed by atoms with Crippen molar-refractivity contribution in [3.05, 3.63) is 42.0 Å². The molecule has 0 bridgehead atoms. The Balaban J connectivity index is 2.01. The van der Waals surface area contributed by atoms with Crippen molar-refractivity contribution in [2.24, 2.45) is 4.99 Å². The van der Waals surface area contributed by atoms with Crippen LogP contribution in [0.2, 0.25) is 0 Å². The second kappa shape index (κ2) is 5.17. The zero-order valence-electron chi connectivity index (χ0n) is 8.89. The number of nitrogens with zero attached hydrogens (tertiary/aromatic N) is 1. The van der Waals surface area contributed by atoms with Gasteiger partial charge < -0.3 is 0 Å². The summed E-state index contributed by atoms with van der Waals surface area (Å²) in [5, 5.41) is 1.17. The molecular formula is C13H15NS. The van der Waals surface area contributed by atoms with Gasteiger partial charge in [0.25, 0.3) is 0 Å². The van der Waals surface area contributed by atoms with Gasteiger partial charge in [0.15, 0.2) is 0 Å². The van der Waals surface area contributed by atoms with Crippen molar-refractivity contribution in [3.8, 4) is 0 Å². The molecule has 0 fully saturated rings. The Morgan fingerprint density at radius 3 is 2.80 bits per heavy atom. The first kappa shape index (κ1) is 10.5. The lowest BCUT2D eigenvalue weighted by Gasteiger charge is -1.95. The molecule has 15 heavy (non-hydrogen) atoms. The van der Waals surface area contributed by atoms with Crippen LogP contribution in [0.1, 0.15) is 18.9 Å². The van der Waals surface area contributed by atoms with Crippen molar-refractivity contribution in [2.75, 3.05) is 5.75 Å². The first-order valence-corrected chi connectivity index (χ1v) is 6.31. The normalized spacial score (nSPS) is 20.9. The average molecular weight is 217 g/mol. The number of benzene rings is 1. The Bertz CT molecular complexity index is 367. The van der Waals surface area contributed by atoms with E-state index in [1.807, 2.05) is 17.8 Å². The molecule has 0 saturated heterocycles. The van der Waals surface area contributed by atoms with Crippen LogP contribution >= 0.6 is 11.8 Å². The summed E-state index contributed by atoms with van der Waals surface area (Å²) in [6, 6.07) is 10.9. The van der Waals surface area contributed by atoms with Gasteiger partial charge in [0.2, 0.25) is 0 Å². The molecule has 0 amide bonds. The molecule has 78 valence electrons. The van der Waals surface area contributed by atoms with Gasteiger partial charge in [-0.3, -0.25) is 4.99 Å². The number of rotatable bonds is 3. The van der Waals surface area contributed by atoms with Gasteiger partial charge in [0.05, 0.1) is 11.1 Å². The Morgan fingerprint density at radius 2 is 2.13 bits per heavy atom. The van der Waals surface area contributed by atoms with E-state index in [1.54, 1.807) is 0 Å². The highest BCUT2D eigenvalue weighted by Crippen LogP contribution is 2.21. The predicted octanol–water partition coefficient (Wildman–Crippen LogP) is 3.62. The molecule has 2 rings (SSSR count). The average Bonchev–Trinajstić information content (AvgIpc) is 2.76. The minimum atomic E-state index is 0.533. The van der Waals surface area contributed by atoms with Crippen molar-refractivity contribution in [2.45, 2.75) is 19.4 Å². The first-order valence-electron chi connectivity index (χ1n) is 5.32. The van der Waals surface area contributed by atoms with Crippen molar-refractivity contribution in [1.29, 1.82) is 0 Å². The number of aliphatic imine (C=N–C) groups is 1. The van der Waals surface area contributed by atoms with Gasteiger partial charge in [-0.25, -0.2) is 0 Å². The molecule has 2 heteroatoms. The fourth-order valence-electron chi connectivity index (χ4n) is 1.47. The maximum absolute atomic E-state index is 4.61. The second-order valence-electron chi connectivity index (χ2n) is 3.58. The number of thioether (sulfide) groups is 1. The molecule has 1 aromatic carbocycles. The minimum absolute atomic E-state index is 0.533. The molecule has 0 radical (unpaired) electrons. The molecule has 1 aliphatic heterocycles. The van der Waals surface area contributed by atoms with Crippen LogP contribution in [0.15, 0.2) is 41.4 Å². The summed E-state index contributed by atoms with van der Waals surface area (Å²) < 4.78 is 0. The SMILES string of the molecule is CCC1CSC(/C=C/c2ccccc2)=N1. The summed E-state index contributed by atoms with van der Waals surface area (Å²) in [4.78, 5) is 4.61. The van der Waals surface area contributed by atoms with E-state index in [0.29, 0.717) is 6.04 Å². The van der Waals surface area contributed by atoms with E-state index in [1.165, 1.54) is 10.6 Å². The lowest BCUT2D eigenvalue weighted by molar-refractivity contribution is 0.738. The summed E-state index contributed by atoms with van der Waals surface area (Å²) in [6.45, 7) is 2.19. The Hall–Kier alpha value is -1.02. The first-order chi connectivity index (χ1) is 7.38. The summed E-state index contributed by atoms with van der Waals surface area (Å²) in [7, 11) is 0. The second-order valence-corrected chi connectivity index (χ2v) is 4.62. The van der Waals surface area contributed by atoms with Crippen LogP contribution in [0.25, 0.3) is 6.08 Å². The molecule has 1 aliphatic rings. The largest absolute Gasteiger partial charge is 0.274 e. The maximum Gasteiger partial charge on any atom is 0.0909 e. The highest BCUT2D eigenvalue weighted by Gasteiger charge is 2.13. The van der Waals surface area contributed by atoms with Gasteiger partial charge in [-0.1, -0.05) is 43.3 Å². The summed E-state index contributed by atoms with van der Waals surface area (Å²) in [5.74, 6) is 1.14. The standard InChI is InChI=1S/C13H15NS/c1-2-12-10-15-13(14-12)9-8-11-6-4-3-5-7-11/h3-9,12H,2,10H2,1H3/b9-8+. The Morgan fingerprint density at radius 1 is 1.33 bits per heavy atom. The fourth-order valence-corrected chi connectivity index (χ4v) is 2.53. The van der Waals surface area contributed by atoms with Gasteiger partial charge in [-0.15, -0.1) is 11.8 Å². The van der Waals surface area contributed by atoms with E-state index in [2.05, 4.69) is 48.3 Å². The third kappa shape index (κ3) is 2.96. The zero-order chi connectivity index (χ0) is 10.5. The van der Waals surface area contributed by atoms with Crippen LogP contribution in [-0.4, -0.2) is 16.8 Å². The Kier molecular flexibility index (Phi) is 3.62. The molecule has 1 nitrogen and oxygen atoms in total. The van der Waals surface area contributed by atoms with Crippen LogP contribution in [0.4, 0.5) is 0 Å². The molecule has 0 aromatic heterocycles. The number of hydrogen-bond acceptors (Lipinski definition) is 2. The molecular weight excluding hydrogens is 202 g/mol. The molecule has 0 N–H and O–H groups in total. The zero-order valence-corrected chi connectivity index (χ0v) is 9.70. The van der Waals surface area contributed by atoms with Crippen molar-refractivity contribution >= 4 is 22.9 Å². The highest BCUT2D eigenvalue weighted by atomic mass is 32.2. The lowest BCUT2D eigenvalue weighted by Crippen LogP contribution is -1.99. The lowest BCUT2D eigenvalue weighted by atomic mass is 10.2. The van der Waals surface area contributed by atoms with E-state index < -0.39 is 0 Å². The van der Waals surface area contributed by atoms with Gasteiger partial charge >= 0.3 is 0 Å². The molecule has 1 atom stereocenters. The molecule has 0 saturated carbocycles. The quantitative estimate of drug-likeness (QED) is 0.753. The van der Waals surface area contributed by atoms with Crippen LogP contribution in [-0.2, 0) is 0 Å². The summed E-state index contributed by atoms with van der Waals surface area (Å²) in [6.07, 6.45) is 5.40. The van der Waals surface area contributed by atoms with Gasteiger partial charge in [-0.05, 0) is 18.1 Å². The van der Waals surface area contributed by atoms with Crippen molar-refractivity contribution in [1.82, 2.24) is 0 Å². The topological polar surface area (TPSA) is 12.4 Å². The summed E-state index contributed by atoms with van der Waals surface area (Å²) in [5.41, 5.74) is 1.24. The van der Waals surface area contributed by atoms with Crippen LogP contribution in [0.5, 0.6) is 0 Å².